The van der Waals surface area contributed by atoms with Crippen LogP contribution in [0.3, 0.4) is 0 Å². The van der Waals surface area contributed by atoms with Gasteiger partial charge in [-0.15, -0.1) is 10.6 Å². The van der Waals surface area contributed by atoms with Gasteiger partial charge in [0.15, 0.2) is 0 Å². The number of para-hydroxylation sites is 1. The number of hydrazine groups is 2. The Hall–Kier alpha value is -4.36. The fourth-order valence-electron chi connectivity index (χ4n) is 4.36. The molecule has 7 heteroatoms. The molecule has 0 fully saturated rings. The van der Waals surface area contributed by atoms with E-state index in [-0.39, 0.29) is 0 Å². The summed E-state index contributed by atoms with van der Waals surface area (Å²) in [5.74, 6) is 0.911. The number of anilines is 3. The lowest BCUT2D eigenvalue weighted by Gasteiger charge is -2.23. The molecule has 3 heterocycles. The van der Waals surface area contributed by atoms with Crippen LogP contribution < -0.4 is 15.4 Å². The molecule has 0 amide bonds. The third-order valence-electron chi connectivity index (χ3n) is 6.01. The van der Waals surface area contributed by atoms with E-state index in [9.17, 15) is 0 Å². The molecule has 0 unspecified atom stereocenters. The first-order valence-electron chi connectivity index (χ1n) is 10.8. The largest absolute Gasteiger partial charge is 0.344 e. The van der Waals surface area contributed by atoms with Crippen molar-refractivity contribution in [2.75, 3.05) is 24.0 Å². The Morgan fingerprint density at radius 2 is 1.61 bits per heavy atom. The van der Waals surface area contributed by atoms with Crippen LogP contribution >= 0.6 is 0 Å². The summed E-state index contributed by atoms with van der Waals surface area (Å²) >= 11 is 0. The van der Waals surface area contributed by atoms with Gasteiger partial charge in [-0.1, -0.05) is 36.4 Å². The molecular formula is C26H23N7. The van der Waals surface area contributed by atoms with E-state index < -0.39 is 0 Å². The highest BCUT2D eigenvalue weighted by molar-refractivity contribution is 6.10. The summed E-state index contributed by atoms with van der Waals surface area (Å²) in [5, 5.41) is 10.2. The van der Waals surface area contributed by atoms with Gasteiger partial charge in [0, 0.05) is 42.4 Å². The highest BCUT2D eigenvalue weighted by Crippen LogP contribution is 2.35. The number of rotatable bonds is 4. The first kappa shape index (κ1) is 19.3. The molecule has 2 aromatic heterocycles. The Balaban J connectivity index is 1.46. The van der Waals surface area contributed by atoms with Gasteiger partial charge >= 0.3 is 0 Å². The summed E-state index contributed by atoms with van der Waals surface area (Å²) in [5.41, 5.74) is 8.62. The summed E-state index contributed by atoms with van der Waals surface area (Å²) in [6.07, 6.45) is 3.60. The number of hydrogen-bond donors (Lipinski definition) is 1. The molecule has 1 aliphatic rings. The molecule has 0 radical (unpaired) electrons. The predicted octanol–water partition coefficient (Wildman–Crippen LogP) is 5.06. The van der Waals surface area contributed by atoms with E-state index in [1.54, 1.807) is 11.5 Å². The lowest BCUT2D eigenvalue weighted by molar-refractivity contribution is 0.280. The zero-order valence-corrected chi connectivity index (χ0v) is 18.4. The Bertz CT molecular complexity index is 1490. The fourth-order valence-corrected chi connectivity index (χ4v) is 4.36. The van der Waals surface area contributed by atoms with E-state index in [4.69, 9.17) is 0 Å². The van der Waals surface area contributed by atoms with Crippen molar-refractivity contribution in [1.29, 1.82) is 0 Å². The zero-order valence-electron chi connectivity index (χ0n) is 18.4. The lowest BCUT2D eigenvalue weighted by atomic mass is 10.1. The van der Waals surface area contributed by atoms with Gasteiger partial charge in [-0.05, 0) is 48.5 Å². The van der Waals surface area contributed by atoms with Crippen LogP contribution in [0.4, 0.5) is 17.1 Å². The summed E-state index contributed by atoms with van der Waals surface area (Å²) in [4.78, 5) is 6.83. The third kappa shape index (κ3) is 3.26. The van der Waals surface area contributed by atoms with Crippen LogP contribution in [0.2, 0.25) is 0 Å². The molecule has 5 aromatic rings. The minimum Gasteiger partial charge on any atom is -0.344 e. The minimum absolute atomic E-state index is 0.911. The molecular weight excluding hydrogens is 410 g/mol. The molecule has 0 bridgehead atoms. The van der Waals surface area contributed by atoms with Crippen LogP contribution in [0.15, 0.2) is 96.2 Å². The number of hydrogen-bond acceptors (Lipinski definition) is 6. The van der Waals surface area contributed by atoms with Crippen molar-refractivity contribution in [2.24, 2.45) is 5.10 Å². The maximum Gasteiger partial charge on any atom is 0.137 e. The van der Waals surface area contributed by atoms with Crippen molar-refractivity contribution in [1.82, 2.24) is 20.2 Å². The number of aromatic nitrogens is 2. The molecule has 0 atom stereocenters. The molecule has 33 heavy (non-hydrogen) atoms. The summed E-state index contributed by atoms with van der Waals surface area (Å²) < 4.78 is 2.23. The Morgan fingerprint density at radius 1 is 0.788 bits per heavy atom. The van der Waals surface area contributed by atoms with E-state index >= 15 is 0 Å². The predicted molar refractivity (Wildman–Crippen MR) is 135 cm³/mol. The molecule has 0 spiro atoms. The SMILES string of the molecule is CN1N=CN(c2cccc(N(C)c3ccc4c5ccccc5n(-c5ccccn5)c4c3)c2)N1. The van der Waals surface area contributed by atoms with Crippen LogP contribution in [0, 0.1) is 0 Å². The highest BCUT2D eigenvalue weighted by atomic mass is 15.9. The number of nitrogens with zero attached hydrogens (tertiary/aromatic N) is 6. The van der Waals surface area contributed by atoms with E-state index in [0.29, 0.717) is 0 Å². The summed E-state index contributed by atoms with van der Waals surface area (Å²) in [7, 11) is 3.95. The van der Waals surface area contributed by atoms with Crippen molar-refractivity contribution >= 4 is 45.2 Å². The molecule has 6 rings (SSSR count). The fraction of sp³-hybridized carbons (Fsp3) is 0.0769. The lowest BCUT2D eigenvalue weighted by Crippen LogP contribution is -2.38. The summed E-state index contributed by atoms with van der Waals surface area (Å²) in [6.45, 7) is 0. The van der Waals surface area contributed by atoms with Crippen molar-refractivity contribution in [3.05, 3.63) is 91.1 Å². The Morgan fingerprint density at radius 3 is 2.42 bits per heavy atom. The molecule has 0 saturated carbocycles. The van der Waals surface area contributed by atoms with Gasteiger partial charge in [0.2, 0.25) is 0 Å². The van der Waals surface area contributed by atoms with Gasteiger partial charge in [0.1, 0.15) is 12.2 Å². The second-order valence-electron chi connectivity index (χ2n) is 8.05. The number of hydrazone groups is 1. The van der Waals surface area contributed by atoms with Crippen LogP contribution in [-0.2, 0) is 0 Å². The van der Waals surface area contributed by atoms with Gasteiger partial charge < -0.3 is 4.90 Å². The van der Waals surface area contributed by atoms with E-state index in [0.717, 1.165) is 33.9 Å². The Labute approximate surface area is 191 Å². The van der Waals surface area contributed by atoms with Crippen LogP contribution in [0.1, 0.15) is 0 Å². The Kier molecular flexibility index (Phi) is 4.48. The monoisotopic (exact) mass is 433 g/mol. The maximum atomic E-state index is 4.64. The molecule has 0 saturated heterocycles. The van der Waals surface area contributed by atoms with Crippen molar-refractivity contribution in [3.8, 4) is 5.82 Å². The maximum absolute atomic E-state index is 4.64. The second kappa shape index (κ2) is 7.65. The number of pyridine rings is 1. The van der Waals surface area contributed by atoms with Crippen LogP contribution in [-0.4, -0.2) is 35.1 Å². The molecule has 162 valence electrons. The van der Waals surface area contributed by atoms with E-state index in [1.807, 2.05) is 36.5 Å². The average molecular weight is 434 g/mol. The molecule has 1 aliphatic heterocycles. The quantitative estimate of drug-likeness (QED) is 0.429. The average Bonchev–Trinajstić information content (AvgIpc) is 3.45. The molecule has 0 aliphatic carbocycles. The molecule has 1 N–H and O–H groups in total. The topological polar surface area (TPSA) is 51.9 Å². The van der Waals surface area contributed by atoms with Crippen molar-refractivity contribution < 1.29 is 0 Å². The first-order valence-corrected chi connectivity index (χ1v) is 10.8. The van der Waals surface area contributed by atoms with Gasteiger partial charge in [-0.2, -0.15) is 0 Å². The van der Waals surface area contributed by atoms with Gasteiger partial charge in [-0.3, -0.25) is 4.57 Å². The molecule has 3 aromatic carbocycles. The van der Waals surface area contributed by atoms with E-state index in [2.05, 4.69) is 98.9 Å². The second-order valence-corrected chi connectivity index (χ2v) is 8.05. The number of nitrogens with one attached hydrogen (secondary N) is 1. The van der Waals surface area contributed by atoms with Crippen LogP contribution in [0.5, 0.6) is 0 Å². The third-order valence-corrected chi connectivity index (χ3v) is 6.01. The first-order chi connectivity index (χ1) is 16.2. The normalized spacial score (nSPS) is 13.4. The standard InChI is InChI=1S/C26H23N7/c1-30(19-8-7-9-21(16-19)32-18-28-31(2)29-32)20-13-14-23-22-10-3-4-11-24(22)33(25(23)17-20)26-12-5-6-15-27-26/h3-18,29H,1-2H3. The molecule has 7 nitrogen and oxygen atoms in total. The van der Waals surface area contributed by atoms with Crippen LogP contribution in [0.25, 0.3) is 27.6 Å². The summed E-state index contributed by atoms with van der Waals surface area (Å²) in [6, 6.07) is 29.5. The minimum atomic E-state index is 0.911. The van der Waals surface area contributed by atoms with Gasteiger partial charge in [0.05, 0.1) is 16.7 Å². The highest BCUT2D eigenvalue weighted by Gasteiger charge is 2.16. The number of benzene rings is 3. The van der Waals surface area contributed by atoms with Crippen molar-refractivity contribution in [3.63, 3.8) is 0 Å². The zero-order chi connectivity index (χ0) is 22.4. The van der Waals surface area contributed by atoms with Crippen molar-refractivity contribution in [2.45, 2.75) is 0 Å². The van der Waals surface area contributed by atoms with Gasteiger partial charge in [0.25, 0.3) is 0 Å². The van der Waals surface area contributed by atoms with E-state index in [1.165, 1.54) is 10.8 Å². The number of fused-ring (bicyclic) bond motifs is 3. The van der Waals surface area contributed by atoms with Gasteiger partial charge in [-0.25, -0.2) is 15.1 Å². The smallest absolute Gasteiger partial charge is 0.137 e.